The van der Waals surface area contributed by atoms with Gasteiger partial charge < -0.3 is 9.88 Å². The van der Waals surface area contributed by atoms with E-state index in [9.17, 15) is 14.0 Å². The van der Waals surface area contributed by atoms with Crippen molar-refractivity contribution >= 4 is 29.0 Å². The fourth-order valence-corrected chi connectivity index (χ4v) is 1.80. The number of Topliss-reactive ketones (excluding diaryl/α,β-unsaturated/α-hetero) is 1. The van der Waals surface area contributed by atoms with E-state index in [4.69, 9.17) is 11.6 Å². The average Bonchev–Trinajstić information content (AvgIpc) is 2.78. The number of aryl methyl sites for hydroxylation is 1. The first-order chi connectivity index (χ1) is 8.99. The second-order valence-electron chi connectivity index (χ2n) is 3.91. The number of amides is 1. The van der Waals surface area contributed by atoms with Crippen molar-refractivity contribution in [3.05, 3.63) is 53.1 Å². The lowest BCUT2D eigenvalue weighted by atomic mass is 10.2. The molecule has 1 N–H and O–H groups in total. The first kappa shape index (κ1) is 13.3. The minimum Gasteiger partial charge on any atom is -0.348 e. The summed E-state index contributed by atoms with van der Waals surface area (Å²) in [5, 5.41) is 2.39. The van der Waals surface area contributed by atoms with E-state index in [0.29, 0.717) is 0 Å². The third-order valence-electron chi connectivity index (χ3n) is 2.56. The molecule has 1 aromatic carbocycles. The van der Waals surface area contributed by atoms with Crippen LogP contribution in [0.3, 0.4) is 0 Å². The van der Waals surface area contributed by atoms with Crippen molar-refractivity contribution < 1.29 is 14.0 Å². The first-order valence-electron chi connectivity index (χ1n) is 5.41. The van der Waals surface area contributed by atoms with E-state index in [0.717, 1.165) is 12.1 Å². The van der Waals surface area contributed by atoms with Crippen molar-refractivity contribution in [1.29, 1.82) is 0 Å². The van der Waals surface area contributed by atoms with Crippen molar-refractivity contribution in [3.8, 4) is 0 Å². The topological polar surface area (TPSA) is 51.1 Å². The summed E-state index contributed by atoms with van der Waals surface area (Å²) in [5.41, 5.74) is 0.450. The second kappa shape index (κ2) is 5.24. The molecule has 1 aromatic heterocycles. The minimum atomic E-state index is -0.824. The van der Waals surface area contributed by atoms with Gasteiger partial charge in [-0.05, 0) is 30.3 Å². The van der Waals surface area contributed by atoms with Crippen LogP contribution in [0.15, 0.2) is 36.5 Å². The van der Waals surface area contributed by atoms with Crippen LogP contribution in [0, 0.1) is 5.82 Å². The van der Waals surface area contributed by atoms with Crippen molar-refractivity contribution in [2.24, 2.45) is 7.05 Å². The maximum Gasteiger partial charge on any atom is 0.298 e. The molecule has 19 heavy (non-hydrogen) atoms. The highest BCUT2D eigenvalue weighted by atomic mass is 35.5. The highest BCUT2D eigenvalue weighted by Crippen LogP contribution is 2.22. The number of rotatable bonds is 3. The molecule has 0 spiro atoms. The van der Waals surface area contributed by atoms with Crippen LogP contribution >= 0.6 is 11.6 Å². The highest BCUT2D eigenvalue weighted by Gasteiger charge is 2.19. The Kier molecular flexibility index (Phi) is 3.66. The van der Waals surface area contributed by atoms with Crippen LogP contribution < -0.4 is 5.32 Å². The minimum absolute atomic E-state index is 0.0352. The number of carbonyl (C=O) groups excluding carboxylic acids is 2. The third-order valence-corrected chi connectivity index (χ3v) is 2.87. The van der Waals surface area contributed by atoms with Crippen LogP contribution in [0.5, 0.6) is 0 Å². The van der Waals surface area contributed by atoms with Gasteiger partial charge in [0.05, 0.1) is 16.4 Å². The Morgan fingerprint density at radius 3 is 2.63 bits per heavy atom. The first-order valence-corrected chi connectivity index (χ1v) is 5.79. The van der Waals surface area contributed by atoms with Crippen molar-refractivity contribution in [1.82, 2.24) is 4.57 Å². The van der Waals surface area contributed by atoms with E-state index in [1.807, 2.05) is 0 Å². The SMILES string of the molecule is Cn1cccc1C(=O)C(=O)Nc1ccc(F)cc1Cl. The highest BCUT2D eigenvalue weighted by molar-refractivity contribution is 6.47. The van der Waals surface area contributed by atoms with Crippen molar-refractivity contribution in [2.75, 3.05) is 5.32 Å². The van der Waals surface area contributed by atoms with Gasteiger partial charge in [0.1, 0.15) is 5.82 Å². The lowest BCUT2D eigenvalue weighted by molar-refractivity contribution is -0.112. The summed E-state index contributed by atoms with van der Waals surface area (Å²) < 4.78 is 14.4. The van der Waals surface area contributed by atoms with Gasteiger partial charge >= 0.3 is 0 Å². The second-order valence-corrected chi connectivity index (χ2v) is 4.32. The number of carbonyl (C=O) groups is 2. The number of nitrogens with zero attached hydrogens (tertiary/aromatic N) is 1. The van der Waals surface area contributed by atoms with Crippen LogP contribution in [-0.2, 0) is 11.8 Å². The van der Waals surface area contributed by atoms with Gasteiger partial charge in [0, 0.05) is 13.2 Å². The van der Waals surface area contributed by atoms with E-state index in [1.54, 1.807) is 19.3 Å². The van der Waals surface area contributed by atoms with E-state index < -0.39 is 17.5 Å². The molecule has 6 heteroatoms. The van der Waals surface area contributed by atoms with Gasteiger partial charge in [0.15, 0.2) is 0 Å². The summed E-state index contributed by atoms with van der Waals surface area (Å²) in [5.74, 6) is -2.03. The predicted molar refractivity (Wildman–Crippen MR) is 69.8 cm³/mol. The molecule has 0 saturated carbocycles. The van der Waals surface area contributed by atoms with E-state index in [1.165, 1.54) is 16.7 Å². The number of halogens is 2. The monoisotopic (exact) mass is 280 g/mol. The molecule has 2 rings (SSSR count). The van der Waals surface area contributed by atoms with Crippen LogP contribution in [0.25, 0.3) is 0 Å². The summed E-state index contributed by atoms with van der Waals surface area (Å²) in [6.07, 6.45) is 1.66. The molecule has 0 aliphatic carbocycles. The van der Waals surface area contributed by atoms with Crippen molar-refractivity contribution in [3.63, 3.8) is 0 Å². The summed E-state index contributed by atoms with van der Waals surface area (Å²) in [6, 6.07) is 6.70. The normalized spacial score (nSPS) is 10.3. The third kappa shape index (κ3) is 2.82. The Morgan fingerprint density at radius 1 is 1.32 bits per heavy atom. The molecule has 1 heterocycles. The summed E-state index contributed by atoms with van der Waals surface area (Å²) in [4.78, 5) is 23.6. The largest absolute Gasteiger partial charge is 0.348 e. The standard InChI is InChI=1S/C13H10ClFN2O2/c1-17-6-2-3-11(17)12(18)13(19)16-10-5-4-8(15)7-9(10)14/h2-7H,1H3,(H,16,19). The van der Waals surface area contributed by atoms with Gasteiger partial charge in [-0.3, -0.25) is 9.59 Å². The molecule has 0 aliphatic rings. The Bertz CT molecular complexity index is 652. The number of aromatic nitrogens is 1. The average molecular weight is 281 g/mol. The molecule has 0 aliphatic heterocycles. The Morgan fingerprint density at radius 2 is 2.05 bits per heavy atom. The zero-order valence-electron chi connectivity index (χ0n) is 9.98. The molecule has 1 amide bonds. The zero-order chi connectivity index (χ0) is 14.0. The van der Waals surface area contributed by atoms with Crippen LogP contribution in [0.4, 0.5) is 10.1 Å². The van der Waals surface area contributed by atoms with Gasteiger partial charge in [-0.25, -0.2) is 4.39 Å². The van der Waals surface area contributed by atoms with Gasteiger partial charge in [-0.1, -0.05) is 11.6 Å². The number of anilines is 1. The predicted octanol–water partition coefficient (Wildman–Crippen LogP) is 2.64. The Labute approximate surface area is 113 Å². The molecule has 0 radical (unpaired) electrons. The maximum absolute atomic E-state index is 12.9. The van der Waals surface area contributed by atoms with Gasteiger partial charge in [-0.15, -0.1) is 0 Å². The van der Waals surface area contributed by atoms with Crippen LogP contribution in [0.2, 0.25) is 5.02 Å². The molecule has 4 nitrogen and oxygen atoms in total. The summed E-state index contributed by atoms with van der Waals surface area (Å²) >= 11 is 5.76. The maximum atomic E-state index is 12.9. The lowest BCUT2D eigenvalue weighted by Crippen LogP contribution is -2.24. The van der Waals surface area contributed by atoms with Gasteiger partial charge in [0.25, 0.3) is 11.7 Å². The molecule has 0 atom stereocenters. The molecule has 0 saturated heterocycles. The molecule has 0 fully saturated rings. The van der Waals surface area contributed by atoms with Crippen LogP contribution in [-0.4, -0.2) is 16.3 Å². The van der Waals surface area contributed by atoms with E-state index in [2.05, 4.69) is 5.32 Å². The quantitative estimate of drug-likeness (QED) is 0.694. The van der Waals surface area contributed by atoms with Gasteiger partial charge in [0.2, 0.25) is 0 Å². The molecular weight excluding hydrogens is 271 g/mol. The Balaban J connectivity index is 2.18. The molecule has 0 unspecified atom stereocenters. The zero-order valence-corrected chi connectivity index (χ0v) is 10.7. The summed E-state index contributed by atoms with van der Waals surface area (Å²) in [7, 11) is 1.66. The van der Waals surface area contributed by atoms with Crippen molar-refractivity contribution in [2.45, 2.75) is 0 Å². The smallest absolute Gasteiger partial charge is 0.298 e. The van der Waals surface area contributed by atoms with E-state index in [-0.39, 0.29) is 16.4 Å². The number of nitrogens with one attached hydrogen (secondary N) is 1. The number of ketones is 1. The lowest BCUT2D eigenvalue weighted by Gasteiger charge is -2.07. The fourth-order valence-electron chi connectivity index (χ4n) is 1.58. The number of hydrogen-bond donors (Lipinski definition) is 1. The fraction of sp³-hybridized carbons (Fsp3) is 0.0769. The molecular formula is C13H10ClFN2O2. The summed E-state index contributed by atoms with van der Waals surface area (Å²) in [6.45, 7) is 0. The Hall–Kier alpha value is -2.14. The van der Waals surface area contributed by atoms with Crippen LogP contribution in [0.1, 0.15) is 10.5 Å². The van der Waals surface area contributed by atoms with E-state index >= 15 is 0 Å². The van der Waals surface area contributed by atoms with Gasteiger partial charge in [-0.2, -0.15) is 0 Å². The molecule has 0 bridgehead atoms. The number of hydrogen-bond acceptors (Lipinski definition) is 2. The molecule has 2 aromatic rings. The number of benzene rings is 1. The molecule has 98 valence electrons.